The van der Waals surface area contributed by atoms with Crippen molar-refractivity contribution in [1.82, 2.24) is 15.0 Å². The van der Waals surface area contributed by atoms with Crippen molar-refractivity contribution in [3.63, 3.8) is 0 Å². The summed E-state index contributed by atoms with van der Waals surface area (Å²) in [5, 5.41) is 3.22. The smallest absolute Gasteiger partial charge is 0.277 e. The van der Waals surface area contributed by atoms with Gasteiger partial charge in [-0.2, -0.15) is 0 Å². The van der Waals surface area contributed by atoms with Crippen LogP contribution < -0.4 is 10.2 Å². The number of hydrogen-bond acceptors (Lipinski definition) is 5. The van der Waals surface area contributed by atoms with Crippen LogP contribution in [0.3, 0.4) is 0 Å². The molecule has 3 rings (SSSR count). The van der Waals surface area contributed by atoms with Crippen molar-refractivity contribution in [2.24, 2.45) is 0 Å². The molecule has 2 heterocycles. The molecule has 0 aliphatic rings. The van der Waals surface area contributed by atoms with Crippen molar-refractivity contribution < 1.29 is 4.79 Å². The lowest BCUT2D eigenvalue weighted by Crippen LogP contribution is -2.31. The van der Waals surface area contributed by atoms with Gasteiger partial charge in [0, 0.05) is 24.5 Å². The lowest BCUT2D eigenvalue weighted by atomic mass is 10.2. The van der Waals surface area contributed by atoms with Crippen molar-refractivity contribution in [2.45, 2.75) is 27.3 Å². The van der Waals surface area contributed by atoms with E-state index in [9.17, 15) is 4.79 Å². The van der Waals surface area contributed by atoms with E-state index in [0.29, 0.717) is 30.4 Å². The highest BCUT2D eigenvalue weighted by molar-refractivity contribution is 6.05. The fourth-order valence-corrected chi connectivity index (χ4v) is 2.83. The molecular formula is C21H23N5O. The van der Waals surface area contributed by atoms with Crippen LogP contribution in [0.15, 0.2) is 54.7 Å². The Hall–Kier alpha value is -3.28. The summed E-state index contributed by atoms with van der Waals surface area (Å²) < 4.78 is 0. The molecule has 27 heavy (non-hydrogen) atoms. The first-order chi connectivity index (χ1) is 13.1. The lowest BCUT2D eigenvalue weighted by Gasteiger charge is -2.21. The Labute approximate surface area is 159 Å². The molecule has 0 aliphatic heterocycles. The van der Waals surface area contributed by atoms with Crippen molar-refractivity contribution in [3.05, 3.63) is 77.5 Å². The number of pyridine rings is 1. The summed E-state index contributed by atoms with van der Waals surface area (Å²) in [5.41, 5.74) is 3.24. The highest BCUT2D eigenvalue weighted by atomic mass is 16.2. The number of anilines is 2. The quantitative estimate of drug-likeness (QED) is 0.724. The van der Waals surface area contributed by atoms with Gasteiger partial charge in [-0.15, -0.1) is 0 Å². The molecule has 0 fully saturated rings. The number of aryl methyl sites for hydroxylation is 2. The molecule has 0 aliphatic carbocycles. The van der Waals surface area contributed by atoms with E-state index in [1.165, 1.54) is 0 Å². The molecule has 138 valence electrons. The molecule has 6 nitrogen and oxygen atoms in total. The maximum atomic E-state index is 13.1. The normalized spacial score (nSPS) is 10.5. The van der Waals surface area contributed by atoms with E-state index in [4.69, 9.17) is 0 Å². The molecule has 1 aromatic carbocycles. The molecule has 6 heteroatoms. The number of carbonyl (C=O) groups excluding carboxylic acids is 1. The zero-order chi connectivity index (χ0) is 19.2. The van der Waals surface area contributed by atoms with Crippen LogP contribution in [0, 0.1) is 13.8 Å². The molecule has 0 atom stereocenters. The molecule has 3 aromatic rings. The molecule has 2 aromatic heterocycles. The molecule has 1 N–H and O–H groups in total. The van der Waals surface area contributed by atoms with Crippen LogP contribution in [0.2, 0.25) is 0 Å². The van der Waals surface area contributed by atoms with Gasteiger partial charge >= 0.3 is 0 Å². The Bertz CT molecular complexity index is 927. The number of benzene rings is 1. The number of nitrogens with zero attached hydrogens (tertiary/aromatic N) is 4. The summed E-state index contributed by atoms with van der Waals surface area (Å²) in [4.78, 5) is 27.8. The summed E-state index contributed by atoms with van der Waals surface area (Å²) in [7, 11) is 0. The maximum Gasteiger partial charge on any atom is 0.277 e. The van der Waals surface area contributed by atoms with Gasteiger partial charge in [0.05, 0.1) is 12.2 Å². The lowest BCUT2D eigenvalue weighted by molar-refractivity contribution is 0.0983. The van der Waals surface area contributed by atoms with E-state index in [2.05, 4.69) is 20.3 Å². The molecule has 0 radical (unpaired) electrons. The number of aromatic nitrogens is 3. The van der Waals surface area contributed by atoms with Gasteiger partial charge in [-0.25, -0.2) is 9.97 Å². The second-order valence-electron chi connectivity index (χ2n) is 6.25. The Kier molecular flexibility index (Phi) is 5.76. The molecule has 0 spiro atoms. The van der Waals surface area contributed by atoms with Crippen LogP contribution in [0.5, 0.6) is 0 Å². The first-order valence-electron chi connectivity index (χ1n) is 8.95. The third-order valence-electron chi connectivity index (χ3n) is 4.11. The van der Waals surface area contributed by atoms with E-state index in [1.54, 1.807) is 24.1 Å². The van der Waals surface area contributed by atoms with E-state index in [0.717, 1.165) is 16.9 Å². The van der Waals surface area contributed by atoms with Crippen molar-refractivity contribution >= 4 is 17.4 Å². The Morgan fingerprint density at radius 1 is 1.07 bits per heavy atom. The summed E-state index contributed by atoms with van der Waals surface area (Å²) >= 11 is 0. The third-order valence-corrected chi connectivity index (χ3v) is 4.11. The average Bonchev–Trinajstić information content (AvgIpc) is 2.67. The second kappa shape index (κ2) is 8.40. The molecule has 0 unspecified atom stereocenters. The maximum absolute atomic E-state index is 13.1. The zero-order valence-electron chi connectivity index (χ0n) is 15.8. The van der Waals surface area contributed by atoms with Crippen LogP contribution in [-0.2, 0) is 6.54 Å². The van der Waals surface area contributed by atoms with Crippen molar-refractivity contribution in [2.75, 3.05) is 16.8 Å². The number of nitrogens with one attached hydrogen (secondary N) is 1. The van der Waals surface area contributed by atoms with Gasteiger partial charge in [0.15, 0.2) is 0 Å². The first-order valence-corrected chi connectivity index (χ1v) is 8.95. The second-order valence-corrected chi connectivity index (χ2v) is 6.25. The Balaban J connectivity index is 1.82. The minimum atomic E-state index is -0.144. The van der Waals surface area contributed by atoms with Gasteiger partial charge < -0.3 is 10.2 Å². The van der Waals surface area contributed by atoms with Crippen LogP contribution in [0.1, 0.15) is 34.5 Å². The van der Waals surface area contributed by atoms with Gasteiger partial charge in [0.2, 0.25) is 0 Å². The minimum Gasteiger partial charge on any atom is -0.364 e. The highest BCUT2D eigenvalue weighted by Crippen LogP contribution is 2.19. The van der Waals surface area contributed by atoms with Gasteiger partial charge in [0.1, 0.15) is 17.3 Å². The average molecular weight is 361 g/mol. The first kappa shape index (κ1) is 18.5. The third kappa shape index (κ3) is 4.67. The summed E-state index contributed by atoms with van der Waals surface area (Å²) in [6, 6.07) is 15.3. The summed E-state index contributed by atoms with van der Waals surface area (Å²) in [5.74, 6) is 1.01. The number of rotatable bonds is 6. The van der Waals surface area contributed by atoms with E-state index < -0.39 is 0 Å². The van der Waals surface area contributed by atoms with Crippen LogP contribution in [0.4, 0.5) is 11.5 Å². The van der Waals surface area contributed by atoms with Gasteiger partial charge in [0.25, 0.3) is 5.91 Å². The van der Waals surface area contributed by atoms with Gasteiger partial charge in [-0.3, -0.25) is 9.78 Å². The Morgan fingerprint density at radius 3 is 2.63 bits per heavy atom. The van der Waals surface area contributed by atoms with Crippen LogP contribution in [0.25, 0.3) is 0 Å². The molecule has 1 amide bonds. The highest BCUT2D eigenvalue weighted by Gasteiger charge is 2.19. The molecule has 0 saturated carbocycles. The Morgan fingerprint density at radius 2 is 1.93 bits per heavy atom. The summed E-state index contributed by atoms with van der Waals surface area (Å²) in [6.07, 6.45) is 1.75. The number of amides is 1. The number of carbonyl (C=O) groups is 1. The van der Waals surface area contributed by atoms with E-state index >= 15 is 0 Å². The fraction of sp³-hybridized carbons (Fsp3) is 0.238. The predicted molar refractivity (Wildman–Crippen MR) is 107 cm³/mol. The molecule has 0 saturated heterocycles. The van der Waals surface area contributed by atoms with E-state index in [-0.39, 0.29) is 5.91 Å². The van der Waals surface area contributed by atoms with Crippen molar-refractivity contribution in [3.8, 4) is 0 Å². The largest absolute Gasteiger partial charge is 0.364 e. The monoisotopic (exact) mass is 361 g/mol. The summed E-state index contributed by atoms with van der Waals surface area (Å²) in [6.45, 7) is 6.83. The standard InChI is InChI=1S/C21H23N5O/c1-4-26(18-10-7-8-15(2)12-18)21(27)19-13-20(25-16(3)24-19)23-14-17-9-5-6-11-22-17/h5-13H,4,14H2,1-3H3,(H,23,24,25). The van der Waals surface area contributed by atoms with Crippen LogP contribution >= 0.6 is 0 Å². The van der Waals surface area contributed by atoms with Gasteiger partial charge in [-0.05, 0) is 50.6 Å². The molecular weight excluding hydrogens is 338 g/mol. The fourth-order valence-electron chi connectivity index (χ4n) is 2.83. The minimum absolute atomic E-state index is 0.144. The SMILES string of the molecule is CCN(C(=O)c1cc(NCc2ccccn2)nc(C)n1)c1cccc(C)c1. The predicted octanol–water partition coefficient (Wildman–Crippen LogP) is 3.77. The van der Waals surface area contributed by atoms with Gasteiger partial charge in [-0.1, -0.05) is 18.2 Å². The van der Waals surface area contributed by atoms with E-state index in [1.807, 2.05) is 56.3 Å². The van der Waals surface area contributed by atoms with Crippen molar-refractivity contribution in [1.29, 1.82) is 0 Å². The number of hydrogen-bond donors (Lipinski definition) is 1. The molecule has 0 bridgehead atoms. The zero-order valence-corrected chi connectivity index (χ0v) is 15.8. The van der Waals surface area contributed by atoms with Crippen LogP contribution in [-0.4, -0.2) is 27.4 Å². The topological polar surface area (TPSA) is 71.0 Å².